The molecule has 2 N–H and O–H groups in total. The van der Waals surface area contributed by atoms with Crippen LogP contribution >= 0.6 is 12.4 Å². The van der Waals surface area contributed by atoms with Gasteiger partial charge in [-0.2, -0.15) is 4.31 Å². The molecule has 1 aliphatic heterocycles. The van der Waals surface area contributed by atoms with Crippen LogP contribution in [0.3, 0.4) is 0 Å². The molecule has 23 heavy (non-hydrogen) atoms. The molecular formula is C13H23ClN4O4S. The molecule has 0 spiro atoms. The van der Waals surface area contributed by atoms with E-state index in [4.69, 9.17) is 5.73 Å². The van der Waals surface area contributed by atoms with Gasteiger partial charge in [0, 0.05) is 39.4 Å². The van der Waals surface area contributed by atoms with E-state index in [1.165, 1.54) is 18.4 Å². The number of rotatable bonds is 2. The smallest absolute Gasteiger partial charge is 0.327 e. The number of sulfonamides is 1. The highest BCUT2D eigenvalue weighted by Gasteiger charge is 2.40. The Kier molecular flexibility index (Phi) is 5.52. The van der Waals surface area contributed by atoms with Gasteiger partial charge in [-0.3, -0.25) is 9.36 Å². The minimum absolute atomic E-state index is 0. The number of aromatic nitrogens is 2. The second-order valence-corrected chi connectivity index (χ2v) is 8.38. The Labute approximate surface area is 141 Å². The topological polar surface area (TPSA) is 107 Å². The minimum atomic E-state index is -3.96. The van der Waals surface area contributed by atoms with E-state index in [1.807, 2.05) is 13.8 Å². The van der Waals surface area contributed by atoms with Crippen LogP contribution in [0.4, 0.5) is 0 Å². The SMILES string of the molecule is Cl.Cn1cc(S(=O)(=O)N2CCC(N)C(C)(C)C2)c(=O)n(C)c1=O. The fourth-order valence-electron chi connectivity index (χ4n) is 2.62. The Bertz CT molecular complexity index is 812. The molecule has 1 aromatic rings. The molecule has 0 radical (unpaired) electrons. The van der Waals surface area contributed by atoms with Crippen LogP contribution in [0.1, 0.15) is 20.3 Å². The largest absolute Gasteiger partial charge is 0.330 e. The van der Waals surface area contributed by atoms with Crippen molar-refractivity contribution in [3.05, 3.63) is 27.0 Å². The van der Waals surface area contributed by atoms with Gasteiger partial charge in [0.1, 0.15) is 0 Å². The van der Waals surface area contributed by atoms with Crippen LogP contribution in [-0.4, -0.2) is 41.0 Å². The molecule has 1 fully saturated rings. The van der Waals surface area contributed by atoms with Crippen LogP contribution in [0.25, 0.3) is 0 Å². The number of hydrogen-bond donors (Lipinski definition) is 1. The van der Waals surface area contributed by atoms with E-state index < -0.39 is 21.3 Å². The first kappa shape index (κ1) is 19.9. The lowest BCUT2D eigenvalue weighted by molar-refractivity contribution is 0.155. The number of piperidine rings is 1. The molecule has 1 aromatic heterocycles. The second kappa shape index (κ2) is 6.39. The third-order valence-electron chi connectivity index (χ3n) is 4.31. The Morgan fingerprint density at radius 1 is 1.26 bits per heavy atom. The van der Waals surface area contributed by atoms with E-state index in [9.17, 15) is 18.0 Å². The summed E-state index contributed by atoms with van der Waals surface area (Å²) in [6, 6.07) is -0.0955. The average Bonchev–Trinajstić information content (AvgIpc) is 2.43. The van der Waals surface area contributed by atoms with E-state index in [1.54, 1.807) is 0 Å². The summed E-state index contributed by atoms with van der Waals surface area (Å²) in [6.45, 7) is 4.30. The van der Waals surface area contributed by atoms with Crippen molar-refractivity contribution in [2.24, 2.45) is 25.2 Å². The summed E-state index contributed by atoms with van der Waals surface area (Å²) < 4.78 is 28.7. The summed E-state index contributed by atoms with van der Waals surface area (Å²) in [7, 11) is -1.29. The maximum absolute atomic E-state index is 12.8. The van der Waals surface area contributed by atoms with E-state index >= 15 is 0 Å². The van der Waals surface area contributed by atoms with Crippen LogP contribution in [0, 0.1) is 5.41 Å². The Morgan fingerprint density at radius 3 is 2.35 bits per heavy atom. The van der Waals surface area contributed by atoms with Crippen LogP contribution in [0.2, 0.25) is 0 Å². The van der Waals surface area contributed by atoms with Gasteiger partial charge < -0.3 is 10.3 Å². The molecule has 0 aliphatic carbocycles. The predicted octanol–water partition coefficient (Wildman–Crippen LogP) is -0.746. The number of nitrogens with zero attached hydrogens (tertiary/aromatic N) is 3. The molecule has 0 bridgehead atoms. The first-order valence-corrected chi connectivity index (χ1v) is 8.45. The first-order valence-electron chi connectivity index (χ1n) is 7.01. The highest BCUT2D eigenvalue weighted by atomic mass is 35.5. The van der Waals surface area contributed by atoms with Gasteiger partial charge >= 0.3 is 5.69 Å². The summed E-state index contributed by atoms with van der Waals surface area (Å²) in [5.74, 6) is 0. The van der Waals surface area contributed by atoms with Gasteiger partial charge in [-0.1, -0.05) is 13.8 Å². The third-order valence-corrected chi connectivity index (χ3v) is 6.14. The summed E-state index contributed by atoms with van der Waals surface area (Å²) >= 11 is 0. The van der Waals surface area contributed by atoms with Crippen molar-refractivity contribution in [1.82, 2.24) is 13.4 Å². The highest BCUT2D eigenvalue weighted by Crippen LogP contribution is 2.30. The molecule has 1 saturated heterocycles. The van der Waals surface area contributed by atoms with Gasteiger partial charge in [-0.25, -0.2) is 13.2 Å². The van der Waals surface area contributed by atoms with Gasteiger partial charge in [0.15, 0.2) is 4.90 Å². The number of nitrogens with two attached hydrogens (primary N) is 1. The van der Waals surface area contributed by atoms with Crippen molar-refractivity contribution in [3.63, 3.8) is 0 Å². The molecule has 1 aliphatic rings. The van der Waals surface area contributed by atoms with Gasteiger partial charge in [0.25, 0.3) is 5.56 Å². The summed E-state index contributed by atoms with van der Waals surface area (Å²) in [6.07, 6.45) is 1.61. The van der Waals surface area contributed by atoms with E-state index in [2.05, 4.69) is 0 Å². The lowest BCUT2D eigenvalue weighted by Crippen LogP contribution is -2.54. The quantitative estimate of drug-likeness (QED) is 0.741. The zero-order chi connectivity index (χ0) is 16.9. The van der Waals surface area contributed by atoms with Crippen molar-refractivity contribution in [1.29, 1.82) is 0 Å². The Hall–Kier alpha value is -1.16. The Morgan fingerprint density at radius 2 is 1.83 bits per heavy atom. The predicted molar refractivity (Wildman–Crippen MR) is 89.3 cm³/mol. The molecular weight excluding hydrogens is 344 g/mol. The molecule has 0 saturated carbocycles. The molecule has 10 heteroatoms. The normalized spacial score (nSPS) is 21.7. The zero-order valence-electron chi connectivity index (χ0n) is 13.6. The van der Waals surface area contributed by atoms with Crippen molar-refractivity contribution in [2.75, 3.05) is 13.1 Å². The fourth-order valence-corrected chi connectivity index (χ4v) is 4.40. The monoisotopic (exact) mass is 366 g/mol. The van der Waals surface area contributed by atoms with E-state index in [-0.39, 0.29) is 41.8 Å². The molecule has 132 valence electrons. The standard InChI is InChI=1S/C13H22N4O4S.ClH/c1-13(2)8-17(6-5-10(13)14)22(20,21)9-7-15(3)12(19)16(4)11(9)18;/h7,10H,5-6,8,14H2,1-4H3;1H. The molecule has 0 aromatic carbocycles. The van der Waals surface area contributed by atoms with Gasteiger partial charge in [0.05, 0.1) is 0 Å². The van der Waals surface area contributed by atoms with Crippen molar-refractivity contribution >= 4 is 22.4 Å². The number of hydrogen-bond acceptors (Lipinski definition) is 5. The van der Waals surface area contributed by atoms with Crippen molar-refractivity contribution in [3.8, 4) is 0 Å². The fraction of sp³-hybridized carbons (Fsp3) is 0.692. The van der Waals surface area contributed by atoms with Crippen LogP contribution in [0.5, 0.6) is 0 Å². The second-order valence-electron chi connectivity index (χ2n) is 6.47. The van der Waals surface area contributed by atoms with Gasteiger partial charge in [-0.05, 0) is 11.8 Å². The van der Waals surface area contributed by atoms with E-state index in [0.29, 0.717) is 6.42 Å². The zero-order valence-corrected chi connectivity index (χ0v) is 15.3. The lowest BCUT2D eigenvalue weighted by atomic mass is 9.81. The average molecular weight is 367 g/mol. The van der Waals surface area contributed by atoms with Crippen LogP contribution < -0.4 is 17.0 Å². The summed E-state index contributed by atoms with van der Waals surface area (Å²) in [4.78, 5) is 23.5. The van der Waals surface area contributed by atoms with Crippen LogP contribution in [-0.2, 0) is 24.1 Å². The molecule has 1 atom stereocenters. The molecule has 8 nitrogen and oxygen atoms in total. The number of aryl methyl sites for hydroxylation is 1. The molecule has 2 heterocycles. The first-order chi connectivity index (χ1) is 9.98. The van der Waals surface area contributed by atoms with Gasteiger partial charge in [-0.15, -0.1) is 12.4 Å². The van der Waals surface area contributed by atoms with Crippen molar-refractivity contribution in [2.45, 2.75) is 31.2 Å². The lowest BCUT2D eigenvalue weighted by Gasteiger charge is -2.41. The summed E-state index contributed by atoms with van der Waals surface area (Å²) in [5.41, 5.74) is 4.27. The number of halogens is 1. The molecule has 0 amide bonds. The minimum Gasteiger partial charge on any atom is -0.327 e. The Balaban J connectivity index is 0.00000264. The summed E-state index contributed by atoms with van der Waals surface area (Å²) in [5, 5.41) is 0. The van der Waals surface area contributed by atoms with Crippen molar-refractivity contribution < 1.29 is 8.42 Å². The van der Waals surface area contributed by atoms with Gasteiger partial charge in [0.2, 0.25) is 10.0 Å². The maximum Gasteiger partial charge on any atom is 0.330 e. The molecule has 1 unspecified atom stereocenters. The third kappa shape index (κ3) is 3.37. The maximum atomic E-state index is 12.8. The van der Waals surface area contributed by atoms with E-state index in [0.717, 1.165) is 15.3 Å². The highest BCUT2D eigenvalue weighted by molar-refractivity contribution is 7.89. The van der Waals surface area contributed by atoms with Crippen LogP contribution in [0.15, 0.2) is 20.7 Å². The molecule has 2 rings (SSSR count).